The number of carboxylic acid groups (broad SMARTS) is 1. The van der Waals surface area contributed by atoms with Crippen LogP contribution in [0.15, 0.2) is 34.3 Å². The first-order valence-corrected chi connectivity index (χ1v) is 6.52. The van der Waals surface area contributed by atoms with Crippen LogP contribution in [0.2, 0.25) is 0 Å². The normalized spacial score (nSPS) is 16.3. The van der Waals surface area contributed by atoms with Gasteiger partial charge in [0.1, 0.15) is 0 Å². The molecule has 1 aliphatic rings. The molecule has 4 nitrogen and oxygen atoms in total. The second-order valence-electron chi connectivity index (χ2n) is 4.44. The number of ketones is 2. The first-order valence-electron chi connectivity index (χ1n) is 5.73. The Kier molecular flexibility index (Phi) is 3.66. The molecule has 0 saturated carbocycles. The Hall–Kier alpha value is -1.75. The molecule has 0 heterocycles. The number of carboxylic acids is 1. The van der Waals surface area contributed by atoms with E-state index in [0.29, 0.717) is 11.1 Å². The summed E-state index contributed by atoms with van der Waals surface area (Å²) in [5, 5.41) is 8.91. The van der Waals surface area contributed by atoms with Crippen molar-refractivity contribution >= 4 is 33.5 Å². The summed E-state index contributed by atoms with van der Waals surface area (Å²) in [6.07, 6.45) is 0.0365. The minimum atomic E-state index is -0.994. The highest BCUT2D eigenvalue weighted by molar-refractivity contribution is 9.12. The summed E-state index contributed by atoms with van der Waals surface area (Å²) in [5.41, 5.74) is 0.924. The number of Topliss-reactive ketones (excluding diaryl/α,β-unsaturated/α-hetero) is 2. The topological polar surface area (TPSA) is 71.4 Å². The maximum Gasteiger partial charge on any atom is 0.306 e. The van der Waals surface area contributed by atoms with E-state index in [1.807, 2.05) is 0 Å². The molecule has 2 rings (SSSR count). The van der Waals surface area contributed by atoms with Gasteiger partial charge < -0.3 is 5.11 Å². The third-order valence-electron chi connectivity index (χ3n) is 3.09. The van der Waals surface area contributed by atoms with Crippen LogP contribution < -0.4 is 0 Å². The lowest BCUT2D eigenvalue weighted by Gasteiger charge is -2.19. The molecule has 0 saturated heterocycles. The van der Waals surface area contributed by atoms with E-state index in [2.05, 4.69) is 15.9 Å². The van der Waals surface area contributed by atoms with Gasteiger partial charge in [-0.25, -0.2) is 0 Å². The molecule has 98 valence electrons. The second-order valence-corrected chi connectivity index (χ2v) is 5.23. The molecule has 5 heteroatoms. The van der Waals surface area contributed by atoms with Crippen molar-refractivity contribution in [2.24, 2.45) is 5.92 Å². The van der Waals surface area contributed by atoms with Crippen molar-refractivity contribution in [2.75, 3.05) is 0 Å². The smallest absolute Gasteiger partial charge is 0.306 e. The van der Waals surface area contributed by atoms with Gasteiger partial charge >= 0.3 is 5.97 Å². The molecule has 0 aromatic heterocycles. The van der Waals surface area contributed by atoms with Crippen LogP contribution in [-0.4, -0.2) is 22.6 Å². The van der Waals surface area contributed by atoms with Crippen LogP contribution >= 0.6 is 15.9 Å². The molecule has 1 atom stereocenters. The highest BCUT2D eigenvalue weighted by Crippen LogP contribution is 2.32. The number of hydrogen-bond donors (Lipinski definition) is 1. The maximum atomic E-state index is 12.3. The van der Waals surface area contributed by atoms with E-state index in [4.69, 9.17) is 5.11 Å². The first-order chi connectivity index (χ1) is 8.93. The number of rotatable bonds is 3. The molecule has 1 aromatic rings. The van der Waals surface area contributed by atoms with Crippen LogP contribution in [0.4, 0.5) is 0 Å². The van der Waals surface area contributed by atoms with Gasteiger partial charge in [0, 0.05) is 16.7 Å². The summed E-state index contributed by atoms with van der Waals surface area (Å²) in [7, 11) is 0. The lowest BCUT2D eigenvalue weighted by Crippen LogP contribution is -2.22. The maximum absolute atomic E-state index is 12.3. The zero-order chi connectivity index (χ0) is 14.2. The number of carbonyl (C=O) groups excluding carboxylic acids is 2. The minimum Gasteiger partial charge on any atom is -0.481 e. The fourth-order valence-corrected chi connectivity index (χ4v) is 2.53. The van der Waals surface area contributed by atoms with Gasteiger partial charge in [-0.1, -0.05) is 31.2 Å². The van der Waals surface area contributed by atoms with Crippen molar-refractivity contribution in [3.8, 4) is 0 Å². The summed E-state index contributed by atoms with van der Waals surface area (Å²) in [6, 6.07) is 6.55. The van der Waals surface area contributed by atoms with Crippen molar-refractivity contribution in [1.29, 1.82) is 0 Å². The lowest BCUT2D eigenvalue weighted by molar-refractivity contribution is -0.141. The molecule has 19 heavy (non-hydrogen) atoms. The molecule has 0 radical (unpaired) electrons. The summed E-state index contributed by atoms with van der Waals surface area (Å²) in [5.74, 6) is -2.27. The Labute approximate surface area is 118 Å². The Bertz CT molecular complexity index is 616. The van der Waals surface area contributed by atoms with Gasteiger partial charge in [0.2, 0.25) is 5.78 Å². The van der Waals surface area contributed by atoms with Gasteiger partial charge in [-0.15, -0.1) is 0 Å². The van der Waals surface area contributed by atoms with Gasteiger partial charge in [0.15, 0.2) is 5.78 Å². The molecular formula is C14H11BrO4. The zero-order valence-electron chi connectivity index (χ0n) is 10.1. The van der Waals surface area contributed by atoms with E-state index >= 15 is 0 Å². The van der Waals surface area contributed by atoms with Gasteiger partial charge in [-0.3, -0.25) is 14.4 Å². The zero-order valence-corrected chi connectivity index (χ0v) is 11.7. The highest BCUT2D eigenvalue weighted by Gasteiger charge is 2.32. The molecule has 1 aromatic carbocycles. The number of allylic oxidation sites excluding steroid dienone is 2. The van der Waals surface area contributed by atoms with Gasteiger partial charge in [0.25, 0.3) is 0 Å². The number of benzene rings is 1. The van der Waals surface area contributed by atoms with E-state index in [1.165, 1.54) is 6.92 Å². The van der Waals surface area contributed by atoms with E-state index in [9.17, 15) is 14.4 Å². The van der Waals surface area contributed by atoms with Crippen molar-refractivity contribution < 1.29 is 19.5 Å². The van der Waals surface area contributed by atoms with Crippen LogP contribution in [0.3, 0.4) is 0 Å². The SMILES string of the molecule is CC(CC1=C(Br)C(=O)c2ccccc2C1=O)C(=O)O. The van der Waals surface area contributed by atoms with E-state index in [-0.39, 0.29) is 28.0 Å². The number of hydrogen-bond acceptors (Lipinski definition) is 3. The summed E-state index contributed by atoms with van der Waals surface area (Å²) >= 11 is 3.12. The summed E-state index contributed by atoms with van der Waals surface area (Å²) in [6.45, 7) is 1.51. The number of aliphatic carboxylic acids is 1. The summed E-state index contributed by atoms with van der Waals surface area (Å²) < 4.78 is 0.171. The van der Waals surface area contributed by atoms with Crippen LogP contribution in [0.5, 0.6) is 0 Å². The van der Waals surface area contributed by atoms with Crippen molar-refractivity contribution in [3.63, 3.8) is 0 Å². The molecule has 0 bridgehead atoms. The Morgan fingerprint density at radius 2 is 1.74 bits per heavy atom. The third kappa shape index (κ3) is 2.38. The minimum absolute atomic E-state index is 0.0365. The van der Waals surface area contributed by atoms with Gasteiger partial charge in [-0.05, 0) is 22.4 Å². The standard InChI is InChI=1S/C14H11BrO4/c1-7(14(18)19)6-10-11(15)13(17)9-5-3-2-4-8(9)12(10)16/h2-5,7H,6H2,1H3,(H,18,19). The number of carbonyl (C=O) groups is 3. The lowest BCUT2D eigenvalue weighted by atomic mass is 9.85. The monoisotopic (exact) mass is 322 g/mol. The molecule has 1 aliphatic carbocycles. The van der Waals surface area contributed by atoms with Crippen LogP contribution in [0, 0.1) is 5.92 Å². The second kappa shape index (κ2) is 5.09. The largest absolute Gasteiger partial charge is 0.481 e. The average Bonchev–Trinajstić information content (AvgIpc) is 2.40. The van der Waals surface area contributed by atoms with Crippen molar-refractivity contribution in [2.45, 2.75) is 13.3 Å². The fraction of sp³-hybridized carbons (Fsp3) is 0.214. The highest BCUT2D eigenvalue weighted by atomic mass is 79.9. The van der Waals surface area contributed by atoms with Crippen LogP contribution in [-0.2, 0) is 4.79 Å². The molecular weight excluding hydrogens is 312 g/mol. The molecule has 0 fully saturated rings. The molecule has 0 aliphatic heterocycles. The Morgan fingerprint density at radius 3 is 2.26 bits per heavy atom. The van der Waals surface area contributed by atoms with Crippen molar-refractivity contribution in [3.05, 3.63) is 45.4 Å². The van der Waals surface area contributed by atoms with Crippen LogP contribution in [0.25, 0.3) is 0 Å². The van der Waals surface area contributed by atoms with Crippen molar-refractivity contribution in [1.82, 2.24) is 0 Å². The molecule has 0 spiro atoms. The predicted molar refractivity (Wildman–Crippen MR) is 72.5 cm³/mol. The van der Waals surface area contributed by atoms with E-state index in [1.54, 1.807) is 24.3 Å². The fourth-order valence-electron chi connectivity index (χ4n) is 1.97. The number of halogens is 1. The van der Waals surface area contributed by atoms with E-state index < -0.39 is 11.9 Å². The Morgan fingerprint density at radius 1 is 1.21 bits per heavy atom. The van der Waals surface area contributed by atoms with E-state index in [0.717, 1.165) is 0 Å². The van der Waals surface area contributed by atoms with Gasteiger partial charge in [0.05, 0.1) is 10.4 Å². The molecule has 0 amide bonds. The predicted octanol–water partition coefficient (Wildman–Crippen LogP) is 2.83. The molecule has 1 unspecified atom stereocenters. The average molecular weight is 323 g/mol. The summed E-state index contributed by atoms with van der Waals surface area (Å²) in [4.78, 5) is 35.3. The third-order valence-corrected chi connectivity index (χ3v) is 3.93. The first kappa shape index (κ1) is 13.7. The van der Waals surface area contributed by atoms with Gasteiger partial charge in [-0.2, -0.15) is 0 Å². The Balaban J connectivity index is 2.46. The molecule has 1 N–H and O–H groups in total. The number of fused-ring (bicyclic) bond motifs is 1. The van der Waals surface area contributed by atoms with Crippen LogP contribution in [0.1, 0.15) is 34.1 Å². The quantitative estimate of drug-likeness (QED) is 0.928.